The van der Waals surface area contributed by atoms with Crippen LogP contribution in [-0.4, -0.2) is 4.57 Å². The summed E-state index contributed by atoms with van der Waals surface area (Å²) < 4.78 is 5.05. The highest BCUT2D eigenvalue weighted by Gasteiger charge is 2.18. The minimum absolute atomic E-state index is 1.11. The first-order chi connectivity index (χ1) is 29.2. The van der Waals surface area contributed by atoms with Crippen LogP contribution >= 0.6 is 11.3 Å². The van der Waals surface area contributed by atoms with Gasteiger partial charge < -0.3 is 9.47 Å². The van der Waals surface area contributed by atoms with Gasteiger partial charge in [0.25, 0.3) is 0 Å². The molecule has 0 saturated heterocycles. The molecule has 0 amide bonds. The van der Waals surface area contributed by atoms with Crippen LogP contribution in [-0.2, 0) is 0 Å². The minimum atomic E-state index is 1.11. The molecule has 10 aromatic carbocycles. The van der Waals surface area contributed by atoms with E-state index >= 15 is 0 Å². The molecule has 0 unspecified atom stereocenters. The fraction of sp³-hybridized carbons (Fsp3) is 0. The Balaban J connectivity index is 0.988. The van der Waals surface area contributed by atoms with E-state index in [1.807, 2.05) is 11.3 Å². The van der Waals surface area contributed by atoms with E-state index in [1.54, 1.807) is 0 Å². The monoisotopic (exact) mass is 768 g/mol. The number of benzene rings is 10. The Labute approximate surface area is 346 Å². The number of fused-ring (bicyclic) bond motifs is 9. The third-order valence-corrected chi connectivity index (χ3v) is 13.1. The van der Waals surface area contributed by atoms with E-state index in [1.165, 1.54) is 85.8 Å². The molecule has 59 heavy (non-hydrogen) atoms. The van der Waals surface area contributed by atoms with E-state index in [0.29, 0.717) is 0 Å². The van der Waals surface area contributed by atoms with Gasteiger partial charge in [0.1, 0.15) is 0 Å². The zero-order valence-corrected chi connectivity index (χ0v) is 32.9. The molecule has 0 bridgehead atoms. The van der Waals surface area contributed by atoms with E-state index in [2.05, 4.69) is 228 Å². The Morgan fingerprint density at radius 2 is 0.932 bits per heavy atom. The summed E-state index contributed by atoms with van der Waals surface area (Å²) in [5, 5.41) is 10.1. The van der Waals surface area contributed by atoms with Crippen LogP contribution in [0.2, 0.25) is 0 Å². The van der Waals surface area contributed by atoms with Crippen LogP contribution in [0.4, 0.5) is 17.1 Å². The molecule has 0 aliphatic rings. The number of hydrogen-bond acceptors (Lipinski definition) is 2. The van der Waals surface area contributed by atoms with Gasteiger partial charge in [-0.15, -0.1) is 11.3 Å². The summed E-state index contributed by atoms with van der Waals surface area (Å²) >= 11 is 1.86. The summed E-state index contributed by atoms with van der Waals surface area (Å²) in [6, 6.07) is 80.0. The van der Waals surface area contributed by atoms with Gasteiger partial charge >= 0.3 is 0 Å². The van der Waals surface area contributed by atoms with Crippen molar-refractivity contribution in [3.05, 3.63) is 218 Å². The summed E-state index contributed by atoms with van der Waals surface area (Å²) in [4.78, 5) is 2.39. The van der Waals surface area contributed by atoms with E-state index in [4.69, 9.17) is 0 Å². The molecule has 0 spiro atoms. The maximum atomic E-state index is 2.44. The van der Waals surface area contributed by atoms with E-state index < -0.39 is 0 Å². The molecule has 12 rings (SSSR count). The quantitative estimate of drug-likeness (QED) is 0.164. The normalized spacial score (nSPS) is 11.7. The first-order valence-corrected chi connectivity index (χ1v) is 21.0. The molecule has 0 fully saturated rings. The molecule has 276 valence electrons. The third-order valence-electron chi connectivity index (χ3n) is 12.0. The molecule has 0 aliphatic heterocycles. The van der Waals surface area contributed by atoms with Gasteiger partial charge in [-0.3, -0.25) is 0 Å². The van der Waals surface area contributed by atoms with Crippen molar-refractivity contribution in [3.63, 3.8) is 0 Å². The average Bonchev–Trinajstić information content (AvgIpc) is 3.85. The highest BCUT2D eigenvalue weighted by Crippen LogP contribution is 2.43. The molecule has 2 nitrogen and oxygen atoms in total. The van der Waals surface area contributed by atoms with Crippen molar-refractivity contribution in [1.82, 2.24) is 4.57 Å². The number of rotatable bonds is 6. The van der Waals surface area contributed by atoms with Crippen LogP contribution < -0.4 is 4.90 Å². The number of hydrogen-bond donors (Lipinski definition) is 0. The number of nitrogens with zero attached hydrogens (tertiary/aromatic N) is 2. The fourth-order valence-corrected chi connectivity index (χ4v) is 10.3. The van der Waals surface area contributed by atoms with Gasteiger partial charge in [0.2, 0.25) is 0 Å². The largest absolute Gasteiger partial charge is 0.310 e. The van der Waals surface area contributed by atoms with Crippen LogP contribution in [0.1, 0.15) is 0 Å². The Morgan fingerprint density at radius 3 is 1.73 bits per heavy atom. The highest BCUT2D eigenvalue weighted by molar-refractivity contribution is 7.25. The Hall–Kier alpha value is -7.46. The molecule has 0 radical (unpaired) electrons. The van der Waals surface area contributed by atoms with Gasteiger partial charge in [-0.1, -0.05) is 152 Å². The van der Waals surface area contributed by atoms with E-state index in [9.17, 15) is 0 Å². The summed E-state index contributed by atoms with van der Waals surface area (Å²) in [6.07, 6.45) is 0. The smallest absolute Gasteiger partial charge is 0.0619 e. The Morgan fingerprint density at radius 1 is 0.339 bits per heavy atom. The van der Waals surface area contributed by atoms with Crippen molar-refractivity contribution in [2.24, 2.45) is 0 Å². The predicted molar refractivity (Wildman–Crippen MR) is 254 cm³/mol. The van der Waals surface area contributed by atoms with Crippen molar-refractivity contribution in [2.75, 3.05) is 4.90 Å². The maximum Gasteiger partial charge on any atom is 0.0619 e. The lowest BCUT2D eigenvalue weighted by Gasteiger charge is -2.26. The van der Waals surface area contributed by atoms with Crippen LogP contribution in [0.15, 0.2) is 218 Å². The average molecular weight is 769 g/mol. The molecule has 2 aromatic heterocycles. The number of para-hydroxylation sites is 1. The second kappa shape index (κ2) is 13.6. The van der Waals surface area contributed by atoms with Crippen molar-refractivity contribution in [2.45, 2.75) is 0 Å². The molecular formula is C56H36N2S. The molecule has 0 saturated carbocycles. The zero-order chi connectivity index (χ0) is 38.9. The first-order valence-electron chi connectivity index (χ1n) is 20.2. The number of aromatic nitrogens is 1. The van der Waals surface area contributed by atoms with Gasteiger partial charge in [0.15, 0.2) is 0 Å². The summed E-state index contributed by atoms with van der Waals surface area (Å²) in [5.41, 5.74) is 11.8. The van der Waals surface area contributed by atoms with Gasteiger partial charge in [0.05, 0.1) is 11.0 Å². The number of thiophene rings is 1. The predicted octanol–water partition coefficient (Wildman–Crippen LogP) is 16.3. The van der Waals surface area contributed by atoms with E-state index in [-0.39, 0.29) is 0 Å². The zero-order valence-electron chi connectivity index (χ0n) is 32.1. The van der Waals surface area contributed by atoms with Crippen LogP contribution in [0, 0.1) is 0 Å². The number of anilines is 3. The maximum absolute atomic E-state index is 2.44. The molecule has 0 aliphatic carbocycles. The highest BCUT2D eigenvalue weighted by atomic mass is 32.1. The molecular weight excluding hydrogens is 733 g/mol. The van der Waals surface area contributed by atoms with Crippen LogP contribution in [0.3, 0.4) is 0 Å². The second-order valence-corrected chi connectivity index (χ2v) is 16.4. The molecule has 2 heterocycles. The topological polar surface area (TPSA) is 8.17 Å². The van der Waals surface area contributed by atoms with Gasteiger partial charge in [-0.25, -0.2) is 0 Å². The van der Waals surface area contributed by atoms with Crippen molar-refractivity contribution in [3.8, 4) is 27.9 Å². The standard InChI is InChI=1S/C56H36N2S/c1-2-14-42(15-3-1)58-53-35-41(26-32-49(53)51-33-25-39-12-5-7-17-48(39)56(51)58)37-21-27-43(28-22-37)57(45-31-34-55-52(36-45)50-18-8-9-20-54(50)59-55)44-29-23-40(24-30-44)47-19-10-13-38-11-4-6-16-46(38)47/h1-36H. The lowest BCUT2D eigenvalue weighted by molar-refractivity contribution is 1.19. The lowest BCUT2D eigenvalue weighted by atomic mass is 9.98. The lowest BCUT2D eigenvalue weighted by Crippen LogP contribution is -2.09. The Kier molecular flexibility index (Phi) is 7.75. The second-order valence-electron chi connectivity index (χ2n) is 15.3. The van der Waals surface area contributed by atoms with Gasteiger partial charge in [-0.05, 0) is 105 Å². The Bertz CT molecular complexity index is 3540. The third kappa shape index (κ3) is 5.55. The van der Waals surface area contributed by atoms with Gasteiger partial charge in [-0.2, -0.15) is 0 Å². The molecule has 0 atom stereocenters. The van der Waals surface area contributed by atoms with Crippen molar-refractivity contribution in [1.29, 1.82) is 0 Å². The molecule has 3 heteroatoms. The summed E-state index contributed by atoms with van der Waals surface area (Å²) in [5.74, 6) is 0. The molecule has 12 aromatic rings. The van der Waals surface area contributed by atoms with Crippen molar-refractivity contribution < 1.29 is 0 Å². The van der Waals surface area contributed by atoms with Crippen molar-refractivity contribution >= 4 is 91.9 Å². The van der Waals surface area contributed by atoms with E-state index in [0.717, 1.165) is 22.7 Å². The SMILES string of the molecule is c1ccc(-n2c3cc(-c4ccc(N(c5ccc(-c6cccc7ccccc67)cc5)c5ccc6sc7ccccc7c6c5)cc4)ccc3c3ccc4ccccc4c32)cc1. The first kappa shape index (κ1) is 33.7. The van der Waals surface area contributed by atoms with Crippen LogP contribution in [0.25, 0.3) is 91.5 Å². The van der Waals surface area contributed by atoms with Crippen LogP contribution in [0.5, 0.6) is 0 Å². The minimum Gasteiger partial charge on any atom is -0.310 e. The summed E-state index contributed by atoms with van der Waals surface area (Å²) in [6.45, 7) is 0. The fourth-order valence-electron chi connectivity index (χ4n) is 9.17. The summed E-state index contributed by atoms with van der Waals surface area (Å²) in [7, 11) is 0. The van der Waals surface area contributed by atoms with Gasteiger partial charge in [0, 0.05) is 59.1 Å². The molecule has 0 N–H and O–H groups in total.